The minimum absolute atomic E-state index is 0.127. The zero-order valence-corrected chi connectivity index (χ0v) is 19.2. The molecule has 0 aliphatic carbocycles. The van der Waals surface area contributed by atoms with Gasteiger partial charge in [0.25, 0.3) is 0 Å². The smallest absolute Gasteiger partial charge is 0.378 e. The van der Waals surface area contributed by atoms with Crippen LogP contribution in [-0.2, 0) is 10.0 Å². The Bertz CT molecular complexity index is 1300. The number of alkyl halides is 3. The molecule has 0 spiro atoms. The molecule has 2 aromatic carbocycles. The van der Waals surface area contributed by atoms with E-state index in [4.69, 9.17) is 11.6 Å². The van der Waals surface area contributed by atoms with Gasteiger partial charge in [-0.05, 0) is 49.4 Å². The van der Waals surface area contributed by atoms with E-state index >= 15 is 0 Å². The van der Waals surface area contributed by atoms with Gasteiger partial charge in [-0.25, -0.2) is 9.97 Å². The number of nitrogens with zero attached hydrogens (tertiary/aromatic N) is 5. The maximum absolute atomic E-state index is 12.9. The molecule has 0 saturated heterocycles. The number of nitrogens with one attached hydrogen (secondary N) is 1. The molecule has 174 valence electrons. The first-order valence-corrected chi connectivity index (χ1v) is 11.2. The second-order valence-electron chi connectivity index (χ2n) is 7.05. The van der Waals surface area contributed by atoms with Crippen molar-refractivity contribution in [3.05, 3.63) is 59.2 Å². The van der Waals surface area contributed by atoms with Crippen LogP contribution in [0.5, 0.6) is 0 Å². The molecule has 0 amide bonds. The fourth-order valence-electron chi connectivity index (χ4n) is 2.61. The summed E-state index contributed by atoms with van der Waals surface area (Å²) in [5, 5.41) is 8.46. The summed E-state index contributed by atoms with van der Waals surface area (Å²) in [6, 6.07) is 12.5. The largest absolute Gasteiger partial charge is 0.516 e. The lowest BCUT2D eigenvalue weighted by Gasteiger charge is -2.16. The molecule has 3 aromatic rings. The molecule has 0 saturated carbocycles. The minimum Gasteiger partial charge on any atom is -0.378 e. The van der Waals surface area contributed by atoms with Crippen LogP contribution < -0.4 is 9.62 Å². The predicted molar refractivity (Wildman–Crippen MR) is 121 cm³/mol. The van der Waals surface area contributed by atoms with E-state index < -0.39 is 15.5 Å². The number of hydrogen-bond donors (Lipinski definition) is 1. The number of halogens is 4. The summed E-state index contributed by atoms with van der Waals surface area (Å²) >= 11 is 5.90. The van der Waals surface area contributed by atoms with E-state index in [1.807, 2.05) is 0 Å². The van der Waals surface area contributed by atoms with E-state index in [1.165, 1.54) is 22.9 Å². The van der Waals surface area contributed by atoms with Gasteiger partial charge < -0.3 is 4.90 Å². The van der Waals surface area contributed by atoms with Gasteiger partial charge in [-0.2, -0.15) is 21.6 Å². The molecule has 0 atom stereocenters. The quantitative estimate of drug-likeness (QED) is 0.430. The van der Waals surface area contributed by atoms with Crippen molar-refractivity contribution in [1.82, 2.24) is 9.97 Å². The number of rotatable bonds is 6. The normalized spacial score (nSPS) is 12.2. The lowest BCUT2D eigenvalue weighted by Crippen LogP contribution is -2.30. The fraction of sp³-hybridized carbons (Fsp3) is 0.200. The molecular formula is C20H18ClF3N6O2S. The highest BCUT2D eigenvalue weighted by atomic mass is 35.5. The molecule has 0 radical (unpaired) electrons. The van der Waals surface area contributed by atoms with Crippen LogP contribution in [0.2, 0.25) is 5.02 Å². The summed E-state index contributed by atoms with van der Waals surface area (Å²) in [4.78, 5) is 10.2. The second kappa shape index (κ2) is 9.32. The van der Waals surface area contributed by atoms with Gasteiger partial charge >= 0.3 is 15.5 Å². The molecule has 0 fully saturated rings. The van der Waals surface area contributed by atoms with Crippen LogP contribution in [0.15, 0.2) is 58.8 Å². The van der Waals surface area contributed by atoms with Crippen molar-refractivity contribution in [2.75, 3.05) is 23.7 Å². The van der Waals surface area contributed by atoms with Crippen LogP contribution in [0, 0.1) is 6.92 Å². The van der Waals surface area contributed by atoms with Gasteiger partial charge in [-0.3, -0.25) is 4.72 Å². The molecule has 33 heavy (non-hydrogen) atoms. The molecule has 13 heteroatoms. The van der Waals surface area contributed by atoms with Crippen molar-refractivity contribution in [1.29, 1.82) is 0 Å². The molecule has 1 N–H and O–H groups in total. The Balaban J connectivity index is 2.00. The van der Waals surface area contributed by atoms with Crippen LogP contribution in [0.3, 0.4) is 0 Å². The van der Waals surface area contributed by atoms with Crippen LogP contribution in [0.4, 0.5) is 36.1 Å². The highest BCUT2D eigenvalue weighted by Gasteiger charge is 2.46. The Kier molecular flexibility index (Phi) is 6.89. The van der Waals surface area contributed by atoms with Gasteiger partial charge in [0.1, 0.15) is 5.69 Å². The van der Waals surface area contributed by atoms with E-state index in [0.717, 1.165) is 0 Å². The van der Waals surface area contributed by atoms with Gasteiger partial charge in [-0.15, -0.1) is 10.2 Å². The van der Waals surface area contributed by atoms with Crippen molar-refractivity contribution in [3.63, 3.8) is 0 Å². The molecule has 8 nitrogen and oxygen atoms in total. The molecular weight excluding hydrogens is 481 g/mol. The first-order chi connectivity index (χ1) is 15.4. The molecule has 1 aromatic heterocycles. The summed E-state index contributed by atoms with van der Waals surface area (Å²) in [6.07, 6.45) is 0. The summed E-state index contributed by atoms with van der Waals surface area (Å²) < 4.78 is 63.5. The molecule has 0 unspecified atom stereocenters. The minimum atomic E-state index is -5.66. The van der Waals surface area contributed by atoms with Crippen molar-refractivity contribution in [2.45, 2.75) is 12.4 Å². The number of aromatic nitrogens is 2. The Morgan fingerprint density at radius 2 is 1.67 bits per heavy atom. The zero-order valence-electron chi connectivity index (χ0n) is 17.6. The van der Waals surface area contributed by atoms with E-state index in [9.17, 15) is 21.6 Å². The third-order valence-corrected chi connectivity index (χ3v) is 5.60. The summed E-state index contributed by atoms with van der Waals surface area (Å²) in [6.45, 7) is 1.72. The highest BCUT2D eigenvalue weighted by molar-refractivity contribution is 7.93. The van der Waals surface area contributed by atoms with Gasteiger partial charge in [-0.1, -0.05) is 11.6 Å². The molecule has 1 heterocycles. The summed E-state index contributed by atoms with van der Waals surface area (Å²) in [7, 11) is -2.35. The number of azo groups is 1. The average Bonchev–Trinajstić information content (AvgIpc) is 2.71. The van der Waals surface area contributed by atoms with Crippen LogP contribution in [0.1, 0.15) is 5.69 Å². The maximum Gasteiger partial charge on any atom is 0.516 e. The second-order valence-corrected chi connectivity index (χ2v) is 9.16. The van der Waals surface area contributed by atoms with Gasteiger partial charge in [0.15, 0.2) is 11.6 Å². The number of anilines is 2. The number of aryl methyl sites for hydroxylation is 1. The van der Waals surface area contributed by atoms with Crippen LogP contribution in [-0.4, -0.2) is 38.0 Å². The Labute approximate surface area is 193 Å². The standard InChI is InChI=1S/C20H18ClF3N6O2S/c1-12-10-18(26-19(25-12)13-4-6-14(21)7-5-13)28-27-16-9-8-15(30(2)3)11-17(16)29-33(31,32)20(22,23)24/h4-11,29H,1-3H3. The van der Waals surface area contributed by atoms with Gasteiger partial charge in [0.2, 0.25) is 0 Å². The maximum atomic E-state index is 12.9. The molecule has 0 bridgehead atoms. The van der Waals surface area contributed by atoms with E-state index in [1.54, 1.807) is 56.3 Å². The Morgan fingerprint density at radius 1 is 1.00 bits per heavy atom. The summed E-state index contributed by atoms with van der Waals surface area (Å²) in [5.74, 6) is 0.482. The van der Waals surface area contributed by atoms with E-state index in [0.29, 0.717) is 27.8 Å². The Morgan fingerprint density at radius 3 is 2.27 bits per heavy atom. The number of sulfonamides is 1. The van der Waals surface area contributed by atoms with Crippen LogP contribution in [0.25, 0.3) is 11.4 Å². The average molecular weight is 499 g/mol. The van der Waals surface area contributed by atoms with Crippen molar-refractivity contribution < 1.29 is 21.6 Å². The molecule has 3 rings (SSSR count). The zero-order chi connectivity index (χ0) is 24.4. The lowest BCUT2D eigenvalue weighted by atomic mass is 10.2. The summed E-state index contributed by atoms with van der Waals surface area (Å²) in [5.41, 5.74) is -4.30. The number of benzene rings is 2. The highest BCUT2D eigenvalue weighted by Crippen LogP contribution is 2.34. The van der Waals surface area contributed by atoms with Crippen LogP contribution >= 0.6 is 11.6 Å². The molecule has 0 aliphatic heterocycles. The SMILES string of the molecule is Cc1cc(N=Nc2ccc(N(C)C)cc2NS(=O)(=O)C(F)(F)F)nc(-c2ccc(Cl)cc2)n1. The number of hydrogen-bond acceptors (Lipinski definition) is 7. The van der Waals surface area contributed by atoms with Gasteiger partial charge in [0.05, 0.1) is 5.69 Å². The molecule has 0 aliphatic rings. The third kappa shape index (κ3) is 5.96. The first kappa shape index (κ1) is 24.4. The van der Waals surface area contributed by atoms with Gasteiger partial charge in [0, 0.05) is 42.1 Å². The Hall–Kier alpha value is -3.25. The van der Waals surface area contributed by atoms with Crippen molar-refractivity contribution >= 4 is 44.5 Å². The van der Waals surface area contributed by atoms with Crippen molar-refractivity contribution in [3.8, 4) is 11.4 Å². The third-order valence-electron chi connectivity index (χ3n) is 4.25. The van der Waals surface area contributed by atoms with E-state index in [2.05, 4.69) is 20.2 Å². The van der Waals surface area contributed by atoms with E-state index in [-0.39, 0.29) is 17.2 Å². The first-order valence-electron chi connectivity index (χ1n) is 9.29. The topological polar surface area (TPSA) is 99.9 Å². The fourth-order valence-corrected chi connectivity index (χ4v) is 3.30. The van der Waals surface area contributed by atoms with Crippen molar-refractivity contribution in [2.24, 2.45) is 10.2 Å². The predicted octanol–water partition coefficient (Wildman–Crippen LogP) is 5.85. The monoisotopic (exact) mass is 498 g/mol. The lowest BCUT2D eigenvalue weighted by molar-refractivity contribution is -0.0429.